The Balaban J connectivity index is 0.975. The highest BCUT2D eigenvalue weighted by Crippen LogP contribution is 2.55. The van der Waals surface area contributed by atoms with E-state index in [0.29, 0.717) is 17.5 Å². The lowest BCUT2D eigenvalue weighted by atomic mass is 9.60. The fraction of sp³-hybridized carbons (Fsp3) is 0.121. The summed E-state index contributed by atoms with van der Waals surface area (Å²) in [4.78, 5) is 15.0. The van der Waals surface area contributed by atoms with Crippen molar-refractivity contribution in [2.75, 3.05) is 0 Å². The summed E-state index contributed by atoms with van der Waals surface area (Å²) in [6, 6.07) is 67.6. The molecule has 2 aliphatic carbocycles. The molecule has 0 N–H and O–H groups in total. The van der Waals surface area contributed by atoms with Gasteiger partial charge in [0.2, 0.25) is 0 Å². The number of hydrogen-bond acceptors (Lipinski definition) is 4. The summed E-state index contributed by atoms with van der Waals surface area (Å²) in [5.41, 5.74) is 18.2. The highest BCUT2D eigenvalue weighted by atomic mass is 16.3. The van der Waals surface area contributed by atoms with Crippen molar-refractivity contribution in [3.8, 4) is 45.3 Å². The monoisotopic (exact) mass is 797 g/mol. The lowest BCUT2D eigenvalue weighted by Crippen LogP contribution is -2.32. The fourth-order valence-corrected chi connectivity index (χ4v) is 10.6. The first kappa shape index (κ1) is 36.4. The molecule has 4 nitrogen and oxygen atoms in total. The van der Waals surface area contributed by atoms with E-state index < -0.39 is 0 Å². The Labute approximate surface area is 361 Å². The van der Waals surface area contributed by atoms with Crippen LogP contribution >= 0.6 is 0 Å². The summed E-state index contributed by atoms with van der Waals surface area (Å²) in [7, 11) is 0. The van der Waals surface area contributed by atoms with Gasteiger partial charge >= 0.3 is 0 Å². The van der Waals surface area contributed by atoms with E-state index in [4.69, 9.17) is 19.4 Å². The number of rotatable bonds is 6. The third-order valence-corrected chi connectivity index (χ3v) is 13.5. The van der Waals surface area contributed by atoms with Gasteiger partial charge < -0.3 is 4.42 Å². The van der Waals surface area contributed by atoms with Gasteiger partial charge in [0.05, 0.1) is 5.56 Å². The third kappa shape index (κ3) is 5.85. The molecule has 0 spiro atoms. The Kier molecular flexibility index (Phi) is 8.43. The van der Waals surface area contributed by atoms with E-state index in [1.54, 1.807) is 0 Å². The Bertz CT molecular complexity index is 3270. The van der Waals surface area contributed by atoms with Crippen LogP contribution < -0.4 is 0 Å². The van der Waals surface area contributed by atoms with Crippen LogP contribution in [0.3, 0.4) is 0 Å². The highest BCUT2D eigenvalue weighted by molar-refractivity contribution is 6.09. The Morgan fingerprint density at radius 3 is 1.90 bits per heavy atom. The van der Waals surface area contributed by atoms with Gasteiger partial charge in [0.25, 0.3) is 0 Å². The van der Waals surface area contributed by atoms with Crippen LogP contribution in [0, 0.1) is 0 Å². The topological polar surface area (TPSA) is 51.8 Å². The fourth-order valence-electron chi connectivity index (χ4n) is 10.6. The summed E-state index contributed by atoms with van der Waals surface area (Å²) < 4.78 is 6.76. The minimum atomic E-state index is -0.168. The summed E-state index contributed by atoms with van der Waals surface area (Å²) in [6.07, 6.45) is 1.89. The largest absolute Gasteiger partial charge is 0.455 e. The zero-order chi connectivity index (χ0) is 41.4. The molecule has 0 saturated carbocycles. The van der Waals surface area contributed by atoms with Crippen LogP contribution in [0.25, 0.3) is 67.2 Å². The first-order valence-corrected chi connectivity index (χ1v) is 21.7. The van der Waals surface area contributed by atoms with Gasteiger partial charge in [0.1, 0.15) is 11.2 Å². The van der Waals surface area contributed by atoms with Crippen molar-refractivity contribution < 1.29 is 4.42 Å². The summed E-state index contributed by atoms with van der Waals surface area (Å²) >= 11 is 0. The SMILES string of the molecule is CC1(C)c2ccccc2C(Cc2ccccc2)c2ccc3c(c21)-c1ccccc1C(c1ccc2oc4c(-c5nc(-c6ccccc6)nc(-c6ccccc6)n5)cccc4c2c1)C3. The van der Waals surface area contributed by atoms with Crippen molar-refractivity contribution in [1.29, 1.82) is 0 Å². The van der Waals surface area contributed by atoms with Crippen molar-refractivity contribution >= 4 is 21.9 Å². The van der Waals surface area contributed by atoms with E-state index in [1.807, 2.05) is 60.7 Å². The van der Waals surface area contributed by atoms with Crippen molar-refractivity contribution in [3.63, 3.8) is 0 Å². The first-order chi connectivity index (χ1) is 30.5. The van der Waals surface area contributed by atoms with Gasteiger partial charge in [0.15, 0.2) is 17.5 Å². The molecule has 296 valence electrons. The third-order valence-electron chi connectivity index (χ3n) is 13.5. The maximum atomic E-state index is 6.76. The lowest BCUT2D eigenvalue weighted by Gasteiger charge is -2.43. The van der Waals surface area contributed by atoms with E-state index >= 15 is 0 Å². The van der Waals surface area contributed by atoms with E-state index in [0.717, 1.165) is 51.5 Å². The number of para-hydroxylation sites is 1. The van der Waals surface area contributed by atoms with Crippen LogP contribution in [-0.4, -0.2) is 15.0 Å². The molecule has 0 amide bonds. The van der Waals surface area contributed by atoms with Gasteiger partial charge in [-0.25, -0.2) is 15.0 Å². The molecule has 62 heavy (non-hydrogen) atoms. The average molecular weight is 798 g/mol. The molecule has 0 radical (unpaired) electrons. The zero-order valence-electron chi connectivity index (χ0n) is 34.7. The number of hydrogen-bond donors (Lipinski definition) is 0. The second-order valence-corrected chi connectivity index (χ2v) is 17.4. The smallest absolute Gasteiger partial charge is 0.167 e. The van der Waals surface area contributed by atoms with Crippen LogP contribution in [0.2, 0.25) is 0 Å². The van der Waals surface area contributed by atoms with Gasteiger partial charge in [-0.3, -0.25) is 0 Å². The van der Waals surface area contributed by atoms with Gasteiger partial charge in [0, 0.05) is 39.2 Å². The first-order valence-electron chi connectivity index (χ1n) is 21.7. The normalized spacial score (nSPS) is 16.0. The Hall–Kier alpha value is -7.43. The molecule has 8 aromatic carbocycles. The maximum absolute atomic E-state index is 6.76. The Morgan fingerprint density at radius 2 is 1.16 bits per heavy atom. The highest BCUT2D eigenvalue weighted by Gasteiger charge is 2.41. The Morgan fingerprint density at radius 1 is 0.532 bits per heavy atom. The predicted molar refractivity (Wildman–Crippen MR) is 251 cm³/mol. The molecule has 0 fully saturated rings. The molecule has 2 aliphatic rings. The number of aromatic nitrogens is 3. The number of benzene rings is 8. The van der Waals surface area contributed by atoms with Crippen molar-refractivity contribution in [2.24, 2.45) is 0 Å². The van der Waals surface area contributed by atoms with Crippen LogP contribution in [0.15, 0.2) is 192 Å². The summed E-state index contributed by atoms with van der Waals surface area (Å²) in [5, 5.41) is 2.14. The molecule has 2 unspecified atom stereocenters. The van der Waals surface area contributed by atoms with Crippen LogP contribution in [0.5, 0.6) is 0 Å². The minimum absolute atomic E-state index is 0.168. The van der Waals surface area contributed by atoms with Crippen LogP contribution in [0.1, 0.15) is 70.2 Å². The second kappa shape index (κ2) is 14.4. The predicted octanol–water partition coefficient (Wildman–Crippen LogP) is 14.1. The van der Waals surface area contributed by atoms with E-state index in [9.17, 15) is 0 Å². The summed E-state index contributed by atoms with van der Waals surface area (Å²) in [5.74, 6) is 2.29. The van der Waals surface area contributed by atoms with Crippen molar-refractivity contribution in [2.45, 2.75) is 43.9 Å². The van der Waals surface area contributed by atoms with Crippen molar-refractivity contribution in [3.05, 3.63) is 233 Å². The number of furan rings is 1. The van der Waals surface area contributed by atoms with Crippen LogP contribution in [0.4, 0.5) is 0 Å². The zero-order valence-corrected chi connectivity index (χ0v) is 34.7. The quantitative estimate of drug-likeness (QED) is 0.168. The number of nitrogens with zero attached hydrogens (tertiary/aromatic N) is 3. The van der Waals surface area contributed by atoms with Crippen molar-refractivity contribution in [1.82, 2.24) is 15.0 Å². The molecule has 12 rings (SSSR count). The second-order valence-electron chi connectivity index (χ2n) is 17.4. The molecule has 0 saturated heterocycles. The molecule has 4 heteroatoms. The molecule has 2 heterocycles. The van der Waals surface area contributed by atoms with E-state index in [2.05, 4.69) is 141 Å². The number of fused-ring (bicyclic) bond motifs is 9. The average Bonchev–Trinajstić information content (AvgIpc) is 3.71. The van der Waals surface area contributed by atoms with Gasteiger partial charge in [-0.2, -0.15) is 0 Å². The molecule has 10 aromatic rings. The minimum Gasteiger partial charge on any atom is -0.455 e. The molecule has 0 aliphatic heterocycles. The van der Waals surface area contributed by atoms with Gasteiger partial charge in [-0.15, -0.1) is 0 Å². The van der Waals surface area contributed by atoms with Gasteiger partial charge in [-0.05, 0) is 86.7 Å². The van der Waals surface area contributed by atoms with E-state index in [-0.39, 0.29) is 17.3 Å². The molecular formula is C58H43N3O. The maximum Gasteiger partial charge on any atom is 0.167 e. The molecule has 2 aromatic heterocycles. The van der Waals surface area contributed by atoms with E-state index in [1.165, 1.54) is 55.6 Å². The molecule has 0 bridgehead atoms. The lowest BCUT2D eigenvalue weighted by molar-refractivity contribution is 0.578. The molecule has 2 atom stereocenters. The standard InChI is InChI=1S/C58H43N3O/c1-58(2)50-28-15-14-24-42(50)48(33-36-17-6-3-7-18-36)44-31-29-40-35-47(41-23-12-13-25-43(41)52(40)53(44)58)39-30-32-51-49(34-39)45-26-16-27-46(54(45)62-51)57-60-55(37-19-8-4-9-20-37)59-56(61-57)38-21-10-5-11-22-38/h3-32,34,47-48H,33,35H2,1-2H3. The molecular weight excluding hydrogens is 755 g/mol. The van der Waals surface area contributed by atoms with Gasteiger partial charge in [-0.1, -0.05) is 184 Å². The van der Waals surface area contributed by atoms with Crippen LogP contribution in [-0.2, 0) is 18.3 Å². The summed E-state index contributed by atoms with van der Waals surface area (Å²) in [6.45, 7) is 4.87.